The molecule has 7 nitrogen and oxygen atoms in total. The number of nitrogens with one attached hydrogen (secondary N) is 1. The molecule has 1 fully saturated rings. The molecule has 3 amide bonds. The molecule has 2 aromatic carbocycles. The fraction of sp³-hybridized carbons (Fsp3) is 0.310. The Hall–Kier alpha value is -4.14. The van der Waals surface area contributed by atoms with Gasteiger partial charge in [0, 0.05) is 61.6 Å². The van der Waals surface area contributed by atoms with Gasteiger partial charge in [-0.05, 0) is 54.2 Å². The van der Waals surface area contributed by atoms with Crippen molar-refractivity contribution in [1.82, 2.24) is 15.1 Å². The highest BCUT2D eigenvalue weighted by Crippen LogP contribution is 2.46. The number of hydrogen-bond acceptors (Lipinski definition) is 4. The normalized spacial score (nSPS) is 22.8. The number of nitrogens with zero attached hydrogens (tertiary/aromatic N) is 3. The lowest BCUT2D eigenvalue weighted by molar-refractivity contribution is -0.116. The summed E-state index contributed by atoms with van der Waals surface area (Å²) in [6, 6.07) is 13.6. The first-order valence-corrected chi connectivity index (χ1v) is 12.8. The molecular weight excluding hydrogens is 490 g/mol. The zero-order valence-corrected chi connectivity index (χ0v) is 20.6. The monoisotopic (exact) mass is 516 g/mol. The third-order valence-corrected chi connectivity index (χ3v) is 7.84. The minimum atomic E-state index is -0.641. The summed E-state index contributed by atoms with van der Waals surface area (Å²) in [4.78, 5) is 45.4. The lowest BCUT2D eigenvalue weighted by atomic mass is 9.75. The van der Waals surface area contributed by atoms with E-state index in [4.69, 9.17) is 0 Å². The number of aliphatic imine (C=N–C) groups is 1. The molecule has 2 unspecified atom stereocenters. The maximum atomic E-state index is 14.9. The van der Waals surface area contributed by atoms with Gasteiger partial charge in [0.15, 0.2) is 0 Å². The number of amides is 3. The van der Waals surface area contributed by atoms with Crippen LogP contribution in [0, 0.1) is 11.7 Å². The predicted octanol–water partition coefficient (Wildman–Crippen LogP) is 3.61. The third-order valence-electron chi connectivity index (χ3n) is 7.84. The number of carbonyl (C=O) groups is 3. The number of halogens is 2. The van der Waals surface area contributed by atoms with Crippen molar-refractivity contribution in [3.8, 4) is 0 Å². The van der Waals surface area contributed by atoms with Gasteiger partial charge in [0.25, 0.3) is 11.8 Å². The van der Waals surface area contributed by atoms with Crippen molar-refractivity contribution < 1.29 is 23.2 Å². The first-order valence-electron chi connectivity index (χ1n) is 12.8. The molecule has 38 heavy (non-hydrogen) atoms. The van der Waals surface area contributed by atoms with Gasteiger partial charge >= 0.3 is 0 Å². The van der Waals surface area contributed by atoms with Gasteiger partial charge in [-0.1, -0.05) is 24.3 Å². The highest BCUT2D eigenvalue weighted by atomic mass is 19.1. The SMILES string of the molecule is O=C1C=C2C(F)=NC3=C2C(CN1)CC(c1ccc(F)c(C(=O)N2CCN(C(=O)c4ccccc4)CC2)c1)C3. The number of hydrogen-bond donors (Lipinski definition) is 1. The highest BCUT2D eigenvalue weighted by molar-refractivity contribution is 6.07. The van der Waals surface area contributed by atoms with E-state index in [9.17, 15) is 23.2 Å². The average molecular weight is 517 g/mol. The Morgan fingerprint density at radius 3 is 2.37 bits per heavy atom. The van der Waals surface area contributed by atoms with E-state index in [1.54, 1.807) is 34.1 Å². The molecular formula is C29H26F2N4O3. The lowest BCUT2D eigenvalue weighted by Crippen LogP contribution is -2.50. The first-order chi connectivity index (χ1) is 18.4. The van der Waals surface area contributed by atoms with E-state index in [-0.39, 0.29) is 34.8 Å². The molecule has 1 aliphatic carbocycles. The van der Waals surface area contributed by atoms with E-state index in [1.807, 2.05) is 18.2 Å². The van der Waals surface area contributed by atoms with Crippen LogP contribution < -0.4 is 5.32 Å². The number of rotatable bonds is 3. The van der Waals surface area contributed by atoms with Gasteiger partial charge < -0.3 is 15.1 Å². The first kappa shape index (κ1) is 24.2. The summed E-state index contributed by atoms with van der Waals surface area (Å²) in [6.45, 7) is 1.73. The van der Waals surface area contributed by atoms with Crippen LogP contribution in [0.15, 0.2) is 76.4 Å². The number of benzene rings is 2. The van der Waals surface area contributed by atoms with Gasteiger partial charge in [-0.3, -0.25) is 14.4 Å². The molecule has 1 N–H and O–H groups in total. The summed E-state index contributed by atoms with van der Waals surface area (Å²) < 4.78 is 29.4. The van der Waals surface area contributed by atoms with E-state index in [0.29, 0.717) is 56.8 Å². The van der Waals surface area contributed by atoms with Crippen LogP contribution in [0.3, 0.4) is 0 Å². The molecule has 0 bridgehead atoms. The van der Waals surface area contributed by atoms with Crippen molar-refractivity contribution in [3.05, 3.63) is 94.0 Å². The topological polar surface area (TPSA) is 82.1 Å². The molecule has 0 radical (unpaired) electrons. The van der Waals surface area contributed by atoms with E-state index in [2.05, 4.69) is 10.3 Å². The predicted molar refractivity (Wildman–Crippen MR) is 137 cm³/mol. The Labute approximate surface area is 218 Å². The maximum absolute atomic E-state index is 14.9. The molecule has 2 atom stereocenters. The minimum absolute atomic E-state index is 0.0130. The molecule has 0 spiro atoms. The van der Waals surface area contributed by atoms with Crippen LogP contribution in [0.2, 0.25) is 0 Å². The largest absolute Gasteiger partial charge is 0.352 e. The summed E-state index contributed by atoms with van der Waals surface area (Å²) in [5, 5.41) is 2.80. The van der Waals surface area contributed by atoms with Gasteiger partial charge in [0.05, 0.1) is 5.56 Å². The average Bonchev–Trinajstić information content (AvgIpc) is 3.14. The van der Waals surface area contributed by atoms with E-state index < -0.39 is 17.7 Å². The molecule has 2 aromatic rings. The van der Waals surface area contributed by atoms with Gasteiger partial charge in [-0.25, -0.2) is 9.38 Å². The minimum Gasteiger partial charge on any atom is -0.352 e. The number of carbonyl (C=O) groups excluding carboxylic acids is 3. The maximum Gasteiger partial charge on any atom is 0.256 e. The lowest BCUT2D eigenvalue weighted by Gasteiger charge is -2.35. The van der Waals surface area contributed by atoms with E-state index >= 15 is 0 Å². The van der Waals surface area contributed by atoms with Crippen LogP contribution >= 0.6 is 0 Å². The highest BCUT2D eigenvalue weighted by Gasteiger charge is 2.39. The van der Waals surface area contributed by atoms with Crippen molar-refractivity contribution in [2.24, 2.45) is 10.9 Å². The Kier molecular flexibility index (Phi) is 6.13. The van der Waals surface area contributed by atoms with Gasteiger partial charge in [-0.2, -0.15) is 4.39 Å². The molecule has 0 saturated carbocycles. The van der Waals surface area contributed by atoms with Crippen LogP contribution in [0.4, 0.5) is 8.78 Å². The van der Waals surface area contributed by atoms with Crippen molar-refractivity contribution in [1.29, 1.82) is 0 Å². The summed E-state index contributed by atoms with van der Waals surface area (Å²) in [6.07, 6.45) is 2.34. The summed E-state index contributed by atoms with van der Waals surface area (Å²) in [5.41, 5.74) is 3.02. The molecule has 6 rings (SSSR count). The molecule has 0 aromatic heterocycles. The second-order valence-electron chi connectivity index (χ2n) is 10.1. The van der Waals surface area contributed by atoms with Crippen LogP contribution in [0.25, 0.3) is 0 Å². The molecule has 3 aliphatic heterocycles. The Morgan fingerprint density at radius 1 is 0.921 bits per heavy atom. The molecule has 3 heterocycles. The van der Waals surface area contributed by atoms with Crippen molar-refractivity contribution >= 4 is 23.7 Å². The fourth-order valence-electron chi connectivity index (χ4n) is 5.88. The fourth-order valence-corrected chi connectivity index (χ4v) is 5.88. The quantitative estimate of drug-likeness (QED) is 0.677. The second kappa shape index (κ2) is 9.63. The van der Waals surface area contributed by atoms with Crippen molar-refractivity contribution in [3.63, 3.8) is 0 Å². The zero-order chi connectivity index (χ0) is 26.4. The van der Waals surface area contributed by atoms with Crippen LogP contribution in [0.5, 0.6) is 0 Å². The second-order valence-corrected chi connectivity index (χ2v) is 10.1. The standard InChI is InChI=1S/C29H26F2N4O3/c30-23-7-6-18(19-12-20-16-32-25(36)15-22-26(20)24(14-19)33-27(22)31)13-21(23)29(38)35-10-8-34(9-11-35)28(37)17-4-2-1-3-5-17/h1-7,13,15,19-20H,8-12,14,16H2,(H,32,36). The Balaban J connectivity index is 1.18. The van der Waals surface area contributed by atoms with Gasteiger partial charge in [-0.15, -0.1) is 0 Å². The Morgan fingerprint density at radius 2 is 1.63 bits per heavy atom. The Bertz CT molecular complexity index is 1420. The van der Waals surface area contributed by atoms with Gasteiger partial charge in [0.2, 0.25) is 11.9 Å². The van der Waals surface area contributed by atoms with E-state index in [0.717, 1.165) is 11.1 Å². The smallest absolute Gasteiger partial charge is 0.256 e. The summed E-state index contributed by atoms with van der Waals surface area (Å²) in [5.74, 6) is -2.30. The number of allylic oxidation sites excluding steroid dienone is 2. The summed E-state index contributed by atoms with van der Waals surface area (Å²) in [7, 11) is 0. The van der Waals surface area contributed by atoms with Gasteiger partial charge in [0.1, 0.15) is 5.82 Å². The molecule has 194 valence electrons. The molecule has 4 aliphatic rings. The molecule has 9 heteroatoms. The zero-order valence-electron chi connectivity index (χ0n) is 20.6. The van der Waals surface area contributed by atoms with Crippen LogP contribution in [-0.4, -0.2) is 66.2 Å². The van der Waals surface area contributed by atoms with Crippen LogP contribution in [0.1, 0.15) is 45.0 Å². The van der Waals surface area contributed by atoms with Crippen molar-refractivity contribution in [2.75, 3.05) is 32.7 Å². The molecule has 1 saturated heterocycles. The van der Waals surface area contributed by atoms with Crippen molar-refractivity contribution in [2.45, 2.75) is 18.8 Å². The third kappa shape index (κ3) is 4.31. The number of piperazine rings is 1. The van der Waals surface area contributed by atoms with Crippen LogP contribution in [-0.2, 0) is 4.79 Å². The summed E-state index contributed by atoms with van der Waals surface area (Å²) >= 11 is 0. The van der Waals surface area contributed by atoms with E-state index in [1.165, 1.54) is 12.1 Å².